The summed E-state index contributed by atoms with van der Waals surface area (Å²) in [5.74, 6) is -0.485. The number of benzene rings is 1. The molecule has 1 aliphatic heterocycles. The van der Waals surface area contributed by atoms with Crippen LogP contribution in [0, 0.1) is 0 Å². The van der Waals surface area contributed by atoms with Crippen LogP contribution in [-0.2, 0) is 26.2 Å². The highest BCUT2D eigenvalue weighted by molar-refractivity contribution is 7.89. The van der Waals surface area contributed by atoms with Gasteiger partial charge in [-0.25, -0.2) is 18.7 Å². The second-order valence-corrected chi connectivity index (χ2v) is 8.93. The van der Waals surface area contributed by atoms with Crippen molar-refractivity contribution in [2.45, 2.75) is 36.4 Å². The van der Waals surface area contributed by atoms with Gasteiger partial charge in [-0.15, -0.1) is 0 Å². The average molecular weight is 465 g/mol. The first kappa shape index (κ1) is 23.4. The first-order valence-corrected chi connectivity index (χ1v) is 11.2. The molecule has 0 unspecified atom stereocenters. The number of aromatic nitrogens is 1. The fourth-order valence-electron chi connectivity index (χ4n) is 3.46. The molecule has 0 aliphatic carbocycles. The highest BCUT2D eigenvalue weighted by Gasteiger charge is 2.44. The van der Waals surface area contributed by atoms with E-state index < -0.39 is 34.1 Å². The Hall–Kier alpha value is -3.22. The van der Waals surface area contributed by atoms with E-state index in [1.54, 1.807) is 24.5 Å². The number of carbonyl (C=O) groups excluding carboxylic acids is 2. The van der Waals surface area contributed by atoms with Gasteiger partial charge in [0.05, 0.1) is 18.0 Å². The number of hydroxylamine groups is 1. The highest BCUT2D eigenvalue weighted by atomic mass is 32.2. The lowest BCUT2D eigenvalue weighted by atomic mass is 9.98. The average Bonchev–Trinajstić information content (AvgIpc) is 2.83. The van der Waals surface area contributed by atoms with Gasteiger partial charge in [-0.05, 0) is 54.8 Å². The van der Waals surface area contributed by atoms with Gasteiger partial charge in [-0.2, -0.15) is 4.31 Å². The minimum atomic E-state index is -4.12. The van der Waals surface area contributed by atoms with Crippen LogP contribution in [0.5, 0.6) is 5.75 Å². The summed E-state index contributed by atoms with van der Waals surface area (Å²) in [5, 5.41) is 11.6. The number of piperidine rings is 1. The van der Waals surface area contributed by atoms with E-state index in [1.165, 1.54) is 29.7 Å². The Morgan fingerprint density at radius 2 is 1.88 bits per heavy atom. The summed E-state index contributed by atoms with van der Waals surface area (Å²) in [5.41, 5.74) is 2.40. The van der Waals surface area contributed by atoms with Crippen LogP contribution in [0.1, 0.15) is 18.4 Å². The second kappa shape index (κ2) is 10.4. The standard InChI is InChI=1S/C20H24N4O7S/c1-30-20(26)22-17-3-2-12-24(18(17)19(25)23-27)32(28,29)16-6-4-15(5-7-16)31-13-14-8-10-21-11-9-14/h4-11,17-18,27H,2-3,12-13H2,1H3,(H,22,26)(H,23,25)/t17-,18+/m0/s1. The molecule has 1 saturated heterocycles. The van der Waals surface area contributed by atoms with Crippen molar-refractivity contribution in [3.63, 3.8) is 0 Å². The topological polar surface area (TPSA) is 147 Å². The lowest BCUT2D eigenvalue weighted by molar-refractivity contribution is -0.134. The van der Waals surface area contributed by atoms with Gasteiger partial charge in [-0.3, -0.25) is 15.0 Å². The van der Waals surface area contributed by atoms with Crippen molar-refractivity contribution < 1.29 is 32.7 Å². The van der Waals surface area contributed by atoms with Crippen molar-refractivity contribution in [3.05, 3.63) is 54.4 Å². The monoisotopic (exact) mass is 464 g/mol. The molecule has 1 aromatic heterocycles. The maximum atomic E-state index is 13.3. The Morgan fingerprint density at radius 3 is 2.50 bits per heavy atom. The smallest absolute Gasteiger partial charge is 0.407 e. The summed E-state index contributed by atoms with van der Waals surface area (Å²) >= 11 is 0. The summed E-state index contributed by atoms with van der Waals surface area (Å²) in [6, 6.07) is 7.18. The van der Waals surface area contributed by atoms with E-state index in [0.29, 0.717) is 25.2 Å². The van der Waals surface area contributed by atoms with Gasteiger partial charge in [0.25, 0.3) is 5.91 Å². The molecule has 0 radical (unpaired) electrons. The largest absolute Gasteiger partial charge is 0.489 e. The van der Waals surface area contributed by atoms with Crippen molar-refractivity contribution >= 4 is 22.0 Å². The molecule has 0 spiro atoms. The Labute approximate surface area is 185 Å². The molecule has 3 N–H and O–H groups in total. The predicted octanol–water partition coefficient (Wildman–Crippen LogP) is 1.04. The van der Waals surface area contributed by atoms with E-state index in [9.17, 15) is 18.0 Å². The summed E-state index contributed by atoms with van der Waals surface area (Å²) in [4.78, 5) is 27.9. The van der Waals surface area contributed by atoms with Crippen LogP contribution in [0.3, 0.4) is 0 Å². The molecule has 1 fully saturated rings. The van der Waals surface area contributed by atoms with E-state index in [0.717, 1.165) is 17.0 Å². The quantitative estimate of drug-likeness (QED) is 0.407. The van der Waals surface area contributed by atoms with Gasteiger partial charge in [0.2, 0.25) is 10.0 Å². The number of hydrogen-bond donors (Lipinski definition) is 3. The van der Waals surface area contributed by atoms with Crippen LogP contribution in [0.2, 0.25) is 0 Å². The van der Waals surface area contributed by atoms with Gasteiger partial charge in [0.15, 0.2) is 0 Å². The summed E-state index contributed by atoms with van der Waals surface area (Å²) in [6.07, 6.45) is 3.22. The fraction of sp³-hybridized carbons (Fsp3) is 0.350. The zero-order valence-electron chi connectivity index (χ0n) is 17.3. The zero-order chi connectivity index (χ0) is 23.1. The highest BCUT2D eigenvalue weighted by Crippen LogP contribution is 2.27. The van der Waals surface area contributed by atoms with Crippen LogP contribution >= 0.6 is 0 Å². The molecule has 12 heteroatoms. The number of rotatable bonds is 7. The Kier molecular flexibility index (Phi) is 7.62. The molecule has 32 heavy (non-hydrogen) atoms. The number of pyridine rings is 1. The molecule has 2 amide bonds. The summed E-state index contributed by atoms with van der Waals surface area (Å²) < 4.78 is 37.8. The molecule has 3 rings (SSSR count). The predicted molar refractivity (Wildman–Crippen MR) is 111 cm³/mol. The van der Waals surface area contributed by atoms with Crippen molar-refractivity contribution in [1.29, 1.82) is 0 Å². The number of ether oxygens (including phenoxy) is 2. The van der Waals surface area contributed by atoms with Crippen LogP contribution in [0.4, 0.5) is 4.79 Å². The van der Waals surface area contributed by atoms with Gasteiger partial charge >= 0.3 is 6.09 Å². The number of hydrogen-bond acceptors (Lipinski definition) is 8. The van der Waals surface area contributed by atoms with Gasteiger partial charge in [0, 0.05) is 18.9 Å². The lowest BCUT2D eigenvalue weighted by Gasteiger charge is -2.38. The molecule has 1 aliphatic rings. The van der Waals surface area contributed by atoms with Crippen molar-refractivity contribution in [1.82, 2.24) is 20.1 Å². The molecule has 11 nitrogen and oxygen atoms in total. The molecule has 0 bridgehead atoms. The van der Waals surface area contributed by atoms with Crippen LogP contribution in [-0.4, -0.2) is 60.7 Å². The SMILES string of the molecule is COC(=O)N[C@H]1CCCN(S(=O)(=O)c2ccc(OCc3ccncc3)cc2)[C@H]1C(=O)NO. The Morgan fingerprint density at radius 1 is 1.19 bits per heavy atom. The van der Waals surface area contributed by atoms with Crippen LogP contribution in [0.25, 0.3) is 0 Å². The maximum absolute atomic E-state index is 13.3. The van der Waals surface area contributed by atoms with Gasteiger partial charge < -0.3 is 14.8 Å². The number of methoxy groups -OCH3 is 1. The molecule has 2 aromatic rings. The van der Waals surface area contributed by atoms with Gasteiger partial charge in [-0.1, -0.05) is 0 Å². The van der Waals surface area contributed by atoms with E-state index >= 15 is 0 Å². The number of nitrogens with one attached hydrogen (secondary N) is 2. The van der Waals surface area contributed by atoms with Gasteiger partial charge in [0.1, 0.15) is 18.4 Å². The summed E-state index contributed by atoms with van der Waals surface area (Å²) in [6.45, 7) is 0.334. The fourth-order valence-corrected chi connectivity index (χ4v) is 5.13. The first-order valence-electron chi connectivity index (χ1n) is 9.79. The number of alkyl carbamates (subject to hydrolysis) is 1. The third-order valence-electron chi connectivity index (χ3n) is 5.04. The van der Waals surface area contributed by atoms with E-state index in [4.69, 9.17) is 9.94 Å². The zero-order valence-corrected chi connectivity index (χ0v) is 18.1. The number of amides is 2. The third-order valence-corrected chi connectivity index (χ3v) is 6.93. The van der Waals surface area contributed by atoms with E-state index in [-0.39, 0.29) is 11.4 Å². The Balaban J connectivity index is 1.79. The van der Waals surface area contributed by atoms with Crippen molar-refractivity contribution in [2.24, 2.45) is 0 Å². The molecule has 2 heterocycles. The Bertz CT molecular complexity index is 1030. The molecular weight excluding hydrogens is 440 g/mol. The minimum Gasteiger partial charge on any atom is -0.489 e. The normalized spacial score (nSPS) is 19.1. The van der Waals surface area contributed by atoms with Crippen molar-refractivity contribution in [3.8, 4) is 5.75 Å². The number of carbonyl (C=O) groups is 2. The maximum Gasteiger partial charge on any atom is 0.407 e. The first-order chi connectivity index (χ1) is 15.4. The number of sulfonamides is 1. The molecule has 2 atom stereocenters. The van der Waals surface area contributed by atoms with E-state index in [1.807, 2.05) is 0 Å². The minimum absolute atomic E-state index is 0.0417. The van der Waals surface area contributed by atoms with Crippen LogP contribution < -0.4 is 15.5 Å². The lowest BCUT2D eigenvalue weighted by Crippen LogP contribution is -2.62. The van der Waals surface area contributed by atoms with Crippen LogP contribution in [0.15, 0.2) is 53.7 Å². The summed E-state index contributed by atoms with van der Waals surface area (Å²) in [7, 11) is -2.96. The molecule has 1 aromatic carbocycles. The third kappa shape index (κ3) is 5.33. The van der Waals surface area contributed by atoms with E-state index in [2.05, 4.69) is 15.0 Å². The molecule has 0 saturated carbocycles. The second-order valence-electron chi connectivity index (χ2n) is 7.04. The number of nitrogens with zero attached hydrogens (tertiary/aromatic N) is 2. The molecular formula is C20H24N4O7S. The van der Waals surface area contributed by atoms with Crippen molar-refractivity contribution in [2.75, 3.05) is 13.7 Å². The molecule has 172 valence electrons.